The molecule has 1 saturated heterocycles. The van der Waals surface area contributed by atoms with Crippen LogP contribution in [0.5, 0.6) is 0 Å². The average Bonchev–Trinajstić information content (AvgIpc) is 2.36. The first-order valence-electron chi connectivity index (χ1n) is 6.76. The Morgan fingerprint density at radius 2 is 2.00 bits per heavy atom. The van der Waals surface area contributed by atoms with Gasteiger partial charge in [-0.2, -0.15) is 4.98 Å². The van der Waals surface area contributed by atoms with Gasteiger partial charge in [0, 0.05) is 26.2 Å². The van der Waals surface area contributed by atoms with Crippen molar-refractivity contribution in [1.29, 1.82) is 0 Å². The van der Waals surface area contributed by atoms with E-state index in [1.165, 1.54) is 6.42 Å². The second kappa shape index (κ2) is 6.54. The van der Waals surface area contributed by atoms with Crippen LogP contribution in [0, 0.1) is 11.8 Å². The minimum Gasteiger partial charge on any atom is -0.365 e. The van der Waals surface area contributed by atoms with Crippen LogP contribution in [0.25, 0.3) is 0 Å². The number of nitrogens with one attached hydrogen (secondary N) is 2. The summed E-state index contributed by atoms with van der Waals surface area (Å²) in [5.41, 5.74) is 0. The lowest BCUT2D eigenvalue weighted by Crippen LogP contribution is -2.39. The Hall–Kier alpha value is -1.14. The molecular formula is C13H20ClN5S. The molecule has 2 heterocycles. The molecule has 0 spiro atoms. The van der Waals surface area contributed by atoms with Crippen LogP contribution < -0.4 is 15.5 Å². The molecule has 110 valence electrons. The number of piperidine rings is 1. The fourth-order valence-corrected chi connectivity index (χ4v) is 2.91. The van der Waals surface area contributed by atoms with Gasteiger partial charge in [-0.25, -0.2) is 4.98 Å². The van der Waals surface area contributed by atoms with E-state index in [1.807, 2.05) is 0 Å². The number of rotatable bonds is 2. The van der Waals surface area contributed by atoms with Crippen molar-refractivity contribution >= 4 is 40.7 Å². The molecule has 0 amide bonds. The molecule has 2 N–H and O–H groups in total. The van der Waals surface area contributed by atoms with Gasteiger partial charge in [0.25, 0.3) is 0 Å². The molecule has 0 radical (unpaired) electrons. The maximum absolute atomic E-state index is 6.09. The van der Waals surface area contributed by atoms with Crippen molar-refractivity contribution in [3.8, 4) is 0 Å². The third-order valence-corrected chi connectivity index (χ3v) is 3.83. The van der Waals surface area contributed by atoms with Gasteiger partial charge < -0.3 is 15.5 Å². The Morgan fingerprint density at radius 1 is 1.35 bits per heavy atom. The summed E-state index contributed by atoms with van der Waals surface area (Å²) < 4.78 is 0. The summed E-state index contributed by atoms with van der Waals surface area (Å²) in [6, 6.07) is 1.81. The van der Waals surface area contributed by atoms with Gasteiger partial charge in [-0.3, -0.25) is 0 Å². The molecule has 0 saturated carbocycles. The largest absolute Gasteiger partial charge is 0.365 e. The average molecular weight is 314 g/mol. The quantitative estimate of drug-likeness (QED) is 0.646. The van der Waals surface area contributed by atoms with E-state index in [0.29, 0.717) is 28.0 Å². The maximum Gasteiger partial charge on any atom is 0.232 e. The summed E-state index contributed by atoms with van der Waals surface area (Å²) >= 11 is 11.1. The van der Waals surface area contributed by atoms with Crippen molar-refractivity contribution in [2.45, 2.75) is 20.3 Å². The fourth-order valence-electron chi connectivity index (χ4n) is 2.64. The monoisotopic (exact) mass is 313 g/mol. The van der Waals surface area contributed by atoms with E-state index < -0.39 is 0 Å². The summed E-state index contributed by atoms with van der Waals surface area (Å²) in [4.78, 5) is 10.9. The Balaban J connectivity index is 2.20. The molecule has 0 aliphatic carbocycles. The molecule has 5 nitrogen and oxygen atoms in total. The van der Waals surface area contributed by atoms with Gasteiger partial charge in [-0.15, -0.1) is 0 Å². The first-order valence-corrected chi connectivity index (χ1v) is 7.54. The number of nitrogens with zero attached hydrogens (tertiary/aromatic N) is 3. The van der Waals surface area contributed by atoms with Crippen LogP contribution in [0.15, 0.2) is 6.07 Å². The van der Waals surface area contributed by atoms with Crippen molar-refractivity contribution in [3.63, 3.8) is 0 Å². The highest BCUT2D eigenvalue weighted by Gasteiger charge is 2.23. The lowest BCUT2D eigenvalue weighted by Gasteiger charge is -2.35. The smallest absolute Gasteiger partial charge is 0.232 e. The third kappa shape index (κ3) is 3.93. The Morgan fingerprint density at radius 3 is 2.60 bits per heavy atom. The highest BCUT2D eigenvalue weighted by atomic mass is 35.5. The second-order valence-corrected chi connectivity index (χ2v) is 6.22. The molecule has 0 unspecified atom stereocenters. The van der Waals surface area contributed by atoms with Crippen molar-refractivity contribution in [2.75, 3.05) is 30.4 Å². The van der Waals surface area contributed by atoms with Crippen LogP contribution in [0.3, 0.4) is 0 Å². The lowest BCUT2D eigenvalue weighted by atomic mass is 9.92. The fraction of sp³-hybridized carbons (Fsp3) is 0.615. The van der Waals surface area contributed by atoms with Crippen LogP contribution in [0.4, 0.5) is 11.8 Å². The first kappa shape index (κ1) is 15.3. The molecular weight excluding hydrogens is 294 g/mol. The normalized spacial score (nSPS) is 22.5. The van der Waals surface area contributed by atoms with E-state index in [0.717, 1.165) is 18.9 Å². The van der Waals surface area contributed by atoms with Crippen molar-refractivity contribution < 1.29 is 0 Å². The molecule has 1 fully saturated rings. The first-order chi connectivity index (χ1) is 9.47. The van der Waals surface area contributed by atoms with Gasteiger partial charge in [-0.1, -0.05) is 25.4 Å². The SMILES string of the molecule is CNC(=S)Nc1nc(Cl)cc(N2C[C@@H](C)C[C@H](C)C2)n1. The number of thiocarbonyl (C=S) groups is 1. The van der Waals surface area contributed by atoms with E-state index >= 15 is 0 Å². The van der Waals surface area contributed by atoms with E-state index in [-0.39, 0.29) is 0 Å². The van der Waals surface area contributed by atoms with Gasteiger partial charge >= 0.3 is 0 Å². The van der Waals surface area contributed by atoms with E-state index in [1.54, 1.807) is 13.1 Å². The van der Waals surface area contributed by atoms with Crippen molar-refractivity contribution in [3.05, 3.63) is 11.2 Å². The number of aromatic nitrogens is 2. The second-order valence-electron chi connectivity index (χ2n) is 5.43. The molecule has 20 heavy (non-hydrogen) atoms. The zero-order chi connectivity index (χ0) is 14.7. The Kier molecular flexibility index (Phi) is 4.99. The van der Waals surface area contributed by atoms with E-state index in [2.05, 4.69) is 39.3 Å². The van der Waals surface area contributed by atoms with Crippen LogP contribution >= 0.6 is 23.8 Å². The van der Waals surface area contributed by atoms with E-state index in [4.69, 9.17) is 23.8 Å². The molecule has 0 bridgehead atoms. The molecule has 1 aromatic heterocycles. The summed E-state index contributed by atoms with van der Waals surface area (Å²) in [5.74, 6) is 2.59. The number of hydrogen-bond acceptors (Lipinski definition) is 4. The predicted octanol–water partition coefficient (Wildman–Crippen LogP) is 2.53. The van der Waals surface area contributed by atoms with Gasteiger partial charge in [0.15, 0.2) is 5.11 Å². The Bertz CT molecular complexity index is 486. The van der Waals surface area contributed by atoms with Crippen LogP contribution in [0.2, 0.25) is 5.15 Å². The zero-order valence-corrected chi connectivity index (χ0v) is 13.6. The number of hydrogen-bond donors (Lipinski definition) is 2. The summed E-state index contributed by atoms with van der Waals surface area (Å²) in [5, 5.41) is 6.64. The Labute approximate surface area is 130 Å². The van der Waals surface area contributed by atoms with Crippen LogP contribution in [0.1, 0.15) is 20.3 Å². The van der Waals surface area contributed by atoms with Crippen LogP contribution in [-0.4, -0.2) is 35.2 Å². The summed E-state index contributed by atoms with van der Waals surface area (Å²) in [6.45, 7) is 6.52. The molecule has 0 aromatic carbocycles. The molecule has 1 aliphatic rings. The molecule has 1 aromatic rings. The molecule has 1 aliphatic heterocycles. The van der Waals surface area contributed by atoms with E-state index in [9.17, 15) is 0 Å². The molecule has 2 rings (SSSR count). The molecule has 2 atom stereocenters. The van der Waals surface area contributed by atoms with Crippen molar-refractivity contribution in [2.24, 2.45) is 11.8 Å². The summed E-state index contributed by atoms with van der Waals surface area (Å²) in [7, 11) is 1.74. The minimum atomic E-state index is 0.419. The highest BCUT2D eigenvalue weighted by Crippen LogP contribution is 2.26. The number of halogens is 1. The van der Waals surface area contributed by atoms with Gasteiger partial charge in [0.1, 0.15) is 11.0 Å². The lowest BCUT2D eigenvalue weighted by molar-refractivity contribution is 0.355. The minimum absolute atomic E-state index is 0.419. The highest BCUT2D eigenvalue weighted by molar-refractivity contribution is 7.80. The maximum atomic E-state index is 6.09. The third-order valence-electron chi connectivity index (χ3n) is 3.33. The van der Waals surface area contributed by atoms with Gasteiger partial charge in [0.2, 0.25) is 5.95 Å². The summed E-state index contributed by atoms with van der Waals surface area (Å²) in [6.07, 6.45) is 1.25. The predicted molar refractivity (Wildman–Crippen MR) is 87.5 cm³/mol. The van der Waals surface area contributed by atoms with Crippen LogP contribution in [-0.2, 0) is 0 Å². The number of anilines is 2. The topological polar surface area (TPSA) is 53.1 Å². The van der Waals surface area contributed by atoms with Crippen molar-refractivity contribution in [1.82, 2.24) is 15.3 Å². The van der Waals surface area contributed by atoms with Gasteiger partial charge in [0.05, 0.1) is 0 Å². The van der Waals surface area contributed by atoms with Gasteiger partial charge in [-0.05, 0) is 30.5 Å². The zero-order valence-electron chi connectivity index (χ0n) is 12.0. The standard InChI is InChI=1S/C13H20ClN5S/c1-8-4-9(2)7-19(6-8)11-5-10(14)16-12(17-11)18-13(20)15-3/h5,8-9H,4,6-7H2,1-3H3,(H2,15,16,17,18,20)/t8-,9-/m0/s1. The molecule has 7 heteroatoms.